The Morgan fingerprint density at radius 1 is 1.47 bits per heavy atom. The van der Waals surface area contributed by atoms with Crippen LogP contribution in [0.3, 0.4) is 0 Å². The second kappa shape index (κ2) is 7.19. The fourth-order valence-electron chi connectivity index (χ4n) is 0.877. The van der Waals surface area contributed by atoms with Crippen molar-refractivity contribution >= 4 is 21.8 Å². The van der Waals surface area contributed by atoms with E-state index in [1.54, 1.807) is 7.11 Å². The van der Waals surface area contributed by atoms with Crippen molar-refractivity contribution in [2.24, 2.45) is 0 Å². The fourth-order valence-corrected chi connectivity index (χ4v) is 1.23. The Hall–Kier alpha value is -0.130. The lowest BCUT2D eigenvalue weighted by molar-refractivity contribution is -0.131. The topological polar surface area (TPSA) is 47.6 Å². The van der Waals surface area contributed by atoms with Crippen LogP contribution in [0, 0.1) is 0 Å². The van der Waals surface area contributed by atoms with Crippen molar-refractivity contribution in [3.05, 3.63) is 0 Å². The molecular weight excluding hydrogens is 262 g/mol. The SMILES string of the molecule is COCC(CBr)NC(=O)COC(C)(C)C. The van der Waals surface area contributed by atoms with Gasteiger partial charge in [-0.1, -0.05) is 15.9 Å². The third kappa shape index (κ3) is 8.84. The molecule has 15 heavy (non-hydrogen) atoms. The molecule has 0 saturated heterocycles. The number of carbonyl (C=O) groups is 1. The highest BCUT2D eigenvalue weighted by Crippen LogP contribution is 2.05. The van der Waals surface area contributed by atoms with Crippen LogP contribution in [0.5, 0.6) is 0 Å². The summed E-state index contributed by atoms with van der Waals surface area (Å²) in [4.78, 5) is 11.4. The summed E-state index contributed by atoms with van der Waals surface area (Å²) in [6, 6.07) is -0.00827. The zero-order valence-corrected chi connectivity index (χ0v) is 11.4. The first-order valence-corrected chi connectivity index (χ1v) is 5.99. The lowest BCUT2D eigenvalue weighted by Gasteiger charge is -2.20. The first-order chi connectivity index (χ1) is 6.89. The molecule has 0 heterocycles. The van der Waals surface area contributed by atoms with Gasteiger partial charge in [-0.2, -0.15) is 0 Å². The van der Waals surface area contributed by atoms with Crippen LogP contribution in [-0.4, -0.2) is 43.2 Å². The van der Waals surface area contributed by atoms with Crippen molar-refractivity contribution in [2.75, 3.05) is 25.7 Å². The summed E-state index contributed by atoms with van der Waals surface area (Å²) in [5, 5.41) is 3.47. The molecule has 0 bridgehead atoms. The minimum absolute atomic E-state index is 0.00827. The number of ether oxygens (including phenoxy) is 2. The van der Waals surface area contributed by atoms with E-state index < -0.39 is 0 Å². The molecule has 1 amide bonds. The van der Waals surface area contributed by atoms with Crippen molar-refractivity contribution in [3.63, 3.8) is 0 Å². The Kier molecular flexibility index (Phi) is 7.13. The first kappa shape index (κ1) is 14.9. The summed E-state index contributed by atoms with van der Waals surface area (Å²) in [5.41, 5.74) is -0.289. The second-order valence-corrected chi connectivity index (χ2v) is 4.92. The molecule has 0 aromatic heterocycles. The van der Waals surface area contributed by atoms with Crippen molar-refractivity contribution < 1.29 is 14.3 Å². The van der Waals surface area contributed by atoms with Crippen LogP contribution in [-0.2, 0) is 14.3 Å². The molecule has 5 heteroatoms. The first-order valence-electron chi connectivity index (χ1n) is 4.87. The molecule has 0 rings (SSSR count). The Morgan fingerprint density at radius 3 is 2.47 bits per heavy atom. The molecule has 0 aliphatic carbocycles. The van der Waals surface area contributed by atoms with Crippen LogP contribution < -0.4 is 5.32 Å². The van der Waals surface area contributed by atoms with Gasteiger partial charge in [-0.05, 0) is 20.8 Å². The predicted octanol–water partition coefficient (Wildman–Crippen LogP) is 1.33. The third-order valence-electron chi connectivity index (χ3n) is 1.56. The van der Waals surface area contributed by atoms with Gasteiger partial charge in [0.05, 0.1) is 18.2 Å². The van der Waals surface area contributed by atoms with Gasteiger partial charge in [-0.25, -0.2) is 0 Å². The molecule has 1 N–H and O–H groups in total. The lowest BCUT2D eigenvalue weighted by atomic mass is 10.2. The number of methoxy groups -OCH3 is 1. The average molecular weight is 282 g/mol. The van der Waals surface area contributed by atoms with Crippen LogP contribution in [0.2, 0.25) is 0 Å². The van der Waals surface area contributed by atoms with Gasteiger partial charge in [0.15, 0.2) is 0 Å². The Morgan fingerprint density at radius 2 is 2.07 bits per heavy atom. The molecule has 0 aromatic carbocycles. The van der Waals surface area contributed by atoms with Crippen LogP contribution in [0.4, 0.5) is 0 Å². The smallest absolute Gasteiger partial charge is 0.246 e. The largest absolute Gasteiger partial charge is 0.383 e. The van der Waals surface area contributed by atoms with E-state index in [-0.39, 0.29) is 24.2 Å². The van der Waals surface area contributed by atoms with Crippen molar-refractivity contribution in [3.8, 4) is 0 Å². The van der Waals surface area contributed by atoms with Gasteiger partial charge in [-0.3, -0.25) is 4.79 Å². The fraction of sp³-hybridized carbons (Fsp3) is 0.900. The lowest BCUT2D eigenvalue weighted by Crippen LogP contribution is -2.42. The van der Waals surface area contributed by atoms with Gasteiger partial charge in [0.25, 0.3) is 0 Å². The number of halogens is 1. The van der Waals surface area contributed by atoms with Gasteiger partial charge < -0.3 is 14.8 Å². The molecule has 0 aliphatic heterocycles. The molecule has 4 nitrogen and oxygen atoms in total. The maximum absolute atomic E-state index is 11.4. The van der Waals surface area contributed by atoms with Crippen LogP contribution >= 0.6 is 15.9 Å². The number of hydrogen-bond donors (Lipinski definition) is 1. The number of carbonyl (C=O) groups excluding carboxylic acids is 1. The predicted molar refractivity (Wildman–Crippen MR) is 63.3 cm³/mol. The van der Waals surface area contributed by atoms with E-state index in [0.717, 1.165) is 0 Å². The maximum atomic E-state index is 11.4. The van der Waals surface area contributed by atoms with Crippen molar-refractivity contribution in [2.45, 2.75) is 32.4 Å². The van der Waals surface area contributed by atoms with Crippen LogP contribution in [0.15, 0.2) is 0 Å². The van der Waals surface area contributed by atoms with E-state index >= 15 is 0 Å². The zero-order chi connectivity index (χ0) is 11.9. The monoisotopic (exact) mass is 281 g/mol. The van der Waals surface area contributed by atoms with Crippen molar-refractivity contribution in [1.29, 1.82) is 0 Å². The van der Waals surface area contributed by atoms with Gasteiger partial charge >= 0.3 is 0 Å². The number of alkyl halides is 1. The molecular formula is C10H20BrNO3. The molecule has 0 aromatic rings. The molecule has 0 radical (unpaired) electrons. The number of amides is 1. The van der Waals surface area contributed by atoms with Gasteiger partial charge in [0.2, 0.25) is 5.91 Å². The van der Waals surface area contributed by atoms with Crippen molar-refractivity contribution in [1.82, 2.24) is 5.32 Å². The normalized spacial score (nSPS) is 13.7. The molecule has 0 aliphatic rings. The van der Waals surface area contributed by atoms with Gasteiger partial charge in [0.1, 0.15) is 6.61 Å². The van der Waals surface area contributed by atoms with Gasteiger partial charge in [-0.15, -0.1) is 0 Å². The molecule has 90 valence electrons. The maximum Gasteiger partial charge on any atom is 0.246 e. The van der Waals surface area contributed by atoms with Crippen LogP contribution in [0.25, 0.3) is 0 Å². The summed E-state index contributed by atoms with van der Waals surface area (Å²) >= 11 is 3.30. The van der Waals surface area contributed by atoms with E-state index in [9.17, 15) is 4.79 Å². The second-order valence-electron chi connectivity index (χ2n) is 4.28. The minimum atomic E-state index is -0.289. The summed E-state index contributed by atoms with van der Waals surface area (Å²) in [5.74, 6) is -0.119. The van der Waals surface area contributed by atoms with Gasteiger partial charge in [0, 0.05) is 12.4 Å². The average Bonchev–Trinajstić information content (AvgIpc) is 2.13. The third-order valence-corrected chi connectivity index (χ3v) is 2.34. The van der Waals surface area contributed by atoms with E-state index in [0.29, 0.717) is 11.9 Å². The Labute approximate surface area is 99.8 Å². The minimum Gasteiger partial charge on any atom is -0.383 e. The van der Waals surface area contributed by atoms with E-state index in [1.165, 1.54) is 0 Å². The van der Waals surface area contributed by atoms with E-state index in [1.807, 2.05) is 20.8 Å². The summed E-state index contributed by atoms with van der Waals surface area (Å²) < 4.78 is 10.3. The summed E-state index contributed by atoms with van der Waals surface area (Å²) in [7, 11) is 1.60. The molecule has 0 spiro atoms. The van der Waals surface area contributed by atoms with Crippen LogP contribution in [0.1, 0.15) is 20.8 Å². The summed E-state index contributed by atoms with van der Waals surface area (Å²) in [6.07, 6.45) is 0. The highest BCUT2D eigenvalue weighted by molar-refractivity contribution is 9.09. The standard InChI is InChI=1S/C10H20BrNO3/c1-10(2,3)15-7-9(13)12-8(5-11)6-14-4/h8H,5-7H2,1-4H3,(H,12,13). The molecule has 1 atom stereocenters. The zero-order valence-electron chi connectivity index (χ0n) is 9.80. The Balaban J connectivity index is 3.81. The number of nitrogens with one attached hydrogen (secondary N) is 1. The van der Waals surface area contributed by atoms with E-state index in [4.69, 9.17) is 9.47 Å². The number of hydrogen-bond acceptors (Lipinski definition) is 3. The summed E-state index contributed by atoms with van der Waals surface area (Å²) in [6.45, 7) is 6.31. The molecule has 0 fully saturated rings. The molecule has 1 unspecified atom stereocenters. The highest BCUT2D eigenvalue weighted by atomic mass is 79.9. The molecule has 0 saturated carbocycles. The highest BCUT2D eigenvalue weighted by Gasteiger charge is 2.15. The van der Waals surface area contributed by atoms with E-state index in [2.05, 4.69) is 21.2 Å². The quantitative estimate of drug-likeness (QED) is 0.748. The Bertz CT molecular complexity index is 192. The number of rotatable bonds is 6.